The second-order valence-electron chi connectivity index (χ2n) is 7.92. The summed E-state index contributed by atoms with van der Waals surface area (Å²) in [5.41, 5.74) is 6.88. The van der Waals surface area contributed by atoms with E-state index in [2.05, 4.69) is 87.2 Å². The monoisotopic (exact) mass is 426 g/mol. The van der Waals surface area contributed by atoms with Gasteiger partial charge in [-0.25, -0.2) is 0 Å². The summed E-state index contributed by atoms with van der Waals surface area (Å²) in [5, 5.41) is 4.40. The zero-order valence-electron chi connectivity index (χ0n) is 21.0. The van der Waals surface area contributed by atoms with Crippen molar-refractivity contribution in [1.29, 1.82) is 0 Å². The molecule has 0 aliphatic rings. The average molecular weight is 427 g/mol. The molecule has 0 spiro atoms. The normalized spacial score (nSPS) is 11.7. The van der Waals surface area contributed by atoms with Gasteiger partial charge in [-0.2, -0.15) is 0 Å². The number of rotatable bonds is 9. The van der Waals surface area contributed by atoms with E-state index >= 15 is 0 Å². The Kier molecular flexibility index (Phi) is 11.9. The maximum absolute atomic E-state index is 5.18. The van der Waals surface area contributed by atoms with Gasteiger partial charge in [0.25, 0.3) is 0 Å². The molecule has 0 aliphatic heterocycles. The molecular weight excluding hydrogens is 384 g/mol. The summed E-state index contributed by atoms with van der Waals surface area (Å²) in [5.74, 6) is 0. The molecular formula is C26H42N4O. The minimum atomic E-state index is 0.593. The van der Waals surface area contributed by atoms with E-state index in [-0.39, 0.29) is 0 Å². The molecule has 0 saturated carbocycles. The van der Waals surface area contributed by atoms with Crippen molar-refractivity contribution in [2.24, 2.45) is 0 Å². The standard InChI is InChI=1S/C21H29N3O.C5H13N/c1-7-9-15(2)24(5)21-16(3)20-18(19(22-4)11-12-23-20)14-17(21)10-8-13-25-6;1-4-5-6(2)3/h8-12,14H,7,13H2,1-6H3,(H,22,23);4-5H2,1-3H3/b10-8+,15-9+;. The average Bonchev–Trinajstić information content (AvgIpc) is 2.74. The number of methoxy groups -OCH3 is 1. The van der Waals surface area contributed by atoms with Crippen LogP contribution in [0.3, 0.4) is 0 Å². The lowest BCUT2D eigenvalue weighted by atomic mass is 10.00. The van der Waals surface area contributed by atoms with Gasteiger partial charge in [0, 0.05) is 44.2 Å². The van der Waals surface area contributed by atoms with Gasteiger partial charge in [-0.3, -0.25) is 4.98 Å². The van der Waals surface area contributed by atoms with Crippen LogP contribution in [-0.4, -0.2) is 58.3 Å². The third-order valence-corrected chi connectivity index (χ3v) is 5.14. The quantitative estimate of drug-likeness (QED) is 0.536. The van der Waals surface area contributed by atoms with Crippen molar-refractivity contribution in [3.05, 3.63) is 47.3 Å². The fourth-order valence-corrected chi connectivity index (χ4v) is 3.59. The van der Waals surface area contributed by atoms with E-state index < -0.39 is 0 Å². The highest BCUT2D eigenvalue weighted by Gasteiger charge is 2.16. The fourth-order valence-electron chi connectivity index (χ4n) is 3.59. The van der Waals surface area contributed by atoms with Crippen molar-refractivity contribution < 1.29 is 4.74 Å². The lowest BCUT2D eigenvalue weighted by Crippen LogP contribution is -2.17. The van der Waals surface area contributed by atoms with E-state index in [1.807, 2.05) is 25.4 Å². The van der Waals surface area contributed by atoms with Crippen LogP contribution in [0.1, 0.15) is 44.7 Å². The summed E-state index contributed by atoms with van der Waals surface area (Å²) in [6.45, 7) is 10.4. The van der Waals surface area contributed by atoms with Crippen LogP contribution in [-0.2, 0) is 4.74 Å². The van der Waals surface area contributed by atoms with Crippen LogP contribution < -0.4 is 10.2 Å². The highest BCUT2D eigenvalue weighted by Crippen LogP contribution is 2.36. The first-order valence-electron chi connectivity index (χ1n) is 11.1. The second-order valence-corrected chi connectivity index (χ2v) is 7.92. The number of hydrogen-bond donors (Lipinski definition) is 1. The van der Waals surface area contributed by atoms with Gasteiger partial charge >= 0.3 is 0 Å². The number of nitrogens with zero attached hydrogens (tertiary/aromatic N) is 3. The molecule has 0 aliphatic carbocycles. The predicted octanol–water partition coefficient (Wildman–Crippen LogP) is 5.95. The third kappa shape index (κ3) is 7.67. The molecule has 1 N–H and O–H groups in total. The number of allylic oxidation sites excluding steroid dienone is 2. The van der Waals surface area contributed by atoms with Crippen LogP contribution >= 0.6 is 0 Å². The summed E-state index contributed by atoms with van der Waals surface area (Å²) >= 11 is 0. The number of benzene rings is 1. The van der Waals surface area contributed by atoms with Crippen LogP contribution in [0.15, 0.2) is 36.2 Å². The fraction of sp³-hybridized carbons (Fsp3) is 0.500. The number of hydrogen-bond acceptors (Lipinski definition) is 5. The van der Waals surface area contributed by atoms with Gasteiger partial charge in [0.2, 0.25) is 0 Å². The van der Waals surface area contributed by atoms with E-state index in [1.54, 1.807) is 7.11 Å². The molecule has 5 nitrogen and oxygen atoms in total. The van der Waals surface area contributed by atoms with Gasteiger partial charge < -0.3 is 19.9 Å². The topological polar surface area (TPSA) is 40.6 Å². The van der Waals surface area contributed by atoms with Crippen molar-refractivity contribution in [2.45, 2.75) is 40.5 Å². The Bertz CT molecular complexity index is 871. The molecule has 0 bridgehead atoms. The van der Waals surface area contributed by atoms with Crippen LogP contribution in [0.25, 0.3) is 17.0 Å². The van der Waals surface area contributed by atoms with Crippen molar-refractivity contribution in [1.82, 2.24) is 9.88 Å². The number of ether oxygens (including phenoxy) is 1. The van der Waals surface area contributed by atoms with E-state index in [0.717, 1.165) is 28.6 Å². The summed E-state index contributed by atoms with van der Waals surface area (Å²) in [4.78, 5) is 9.07. The largest absolute Gasteiger partial charge is 0.388 e. The Hall–Kier alpha value is -2.37. The number of fused-ring (bicyclic) bond motifs is 1. The first-order chi connectivity index (χ1) is 14.8. The molecule has 31 heavy (non-hydrogen) atoms. The Balaban J connectivity index is 0.000000703. The van der Waals surface area contributed by atoms with E-state index in [4.69, 9.17) is 4.74 Å². The first kappa shape index (κ1) is 26.7. The van der Waals surface area contributed by atoms with Crippen molar-refractivity contribution >= 4 is 28.4 Å². The van der Waals surface area contributed by atoms with Gasteiger partial charge in [0.15, 0.2) is 0 Å². The second kappa shape index (κ2) is 13.8. The molecule has 0 atom stereocenters. The minimum absolute atomic E-state index is 0.593. The number of aromatic nitrogens is 1. The molecule has 5 heteroatoms. The Morgan fingerprint density at radius 2 is 1.94 bits per heavy atom. The zero-order valence-corrected chi connectivity index (χ0v) is 21.0. The summed E-state index contributed by atoms with van der Waals surface area (Å²) in [6.07, 6.45) is 10.6. The highest BCUT2D eigenvalue weighted by molar-refractivity contribution is 5.99. The molecule has 2 aromatic rings. The molecule has 1 aromatic heterocycles. The van der Waals surface area contributed by atoms with Crippen molar-refractivity contribution in [2.75, 3.05) is 58.7 Å². The molecule has 1 heterocycles. The maximum Gasteiger partial charge on any atom is 0.0773 e. The van der Waals surface area contributed by atoms with Gasteiger partial charge in [0.1, 0.15) is 0 Å². The van der Waals surface area contributed by atoms with E-state index in [0.29, 0.717) is 6.61 Å². The van der Waals surface area contributed by atoms with Crippen molar-refractivity contribution in [3.63, 3.8) is 0 Å². The molecule has 0 amide bonds. The smallest absolute Gasteiger partial charge is 0.0773 e. The Labute approximate surface area is 189 Å². The minimum Gasteiger partial charge on any atom is -0.388 e. The van der Waals surface area contributed by atoms with Gasteiger partial charge in [-0.1, -0.05) is 32.1 Å². The molecule has 172 valence electrons. The number of anilines is 2. The third-order valence-electron chi connectivity index (χ3n) is 5.14. The number of pyridine rings is 1. The van der Waals surface area contributed by atoms with Crippen LogP contribution in [0.2, 0.25) is 0 Å². The Morgan fingerprint density at radius 3 is 2.45 bits per heavy atom. The Morgan fingerprint density at radius 1 is 1.23 bits per heavy atom. The van der Waals surface area contributed by atoms with Crippen LogP contribution in [0, 0.1) is 6.92 Å². The summed E-state index contributed by atoms with van der Waals surface area (Å²) in [6, 6.07) is 4.22. The molecule has 1 aromatic carbocycles. The molecule has 2 rings (SSSR count). The van der Waals surface area contributed by atoms with E-state index in [9.17, 15) is 0 Å². The van der Waals surface area contributed by atoms with Crippen molar-refractivity contribution in [3.8, 4) is 0 Å². The lowest BCUT2D eigenvalue weighted by molar-refractivity contribution is 0.234. The summed E-state index contributed by atoms with van der Waals surface area (Å²) < 4.78 is 5.18. The highest BCUT2D eigenvalue weighted by atomic mass is 16.5. The maximum atomic E-state index is 5.18. The van der Waals surface area contributed by atoms with Gasteiger partial charge in [-0.15, -0.1) is 0 Å². The lowest BCUT2D eigenvalue weighted by Gasteiger charge is -2.26. The van der Waals surface area contributed by atoms with E-state index in [1.165, 1.54) is 29.9 Å². The van der Waals surface area contributed by atoms with Gasteiger partial charge in [0.05, 0.1) is 17.8 Å². The molecule has 0 fully saturated rings. The zero-order chi connectivity index (χ0) is 23.4. The molecule has 0 unspecified atom stereocenters. The van der Waals surface area contributed by atoms with Crippen LogP contribution in [0.4, 0.5) is 11.4 Å². The number of aryl methyl sites for hydroxylation is 1. The number of nitrogens with one attached hydrogen (secondary N) is 1. The van der Waals surface area contributed by atoms with Gasteiger partial charge in [-0.05, 0) is 70.6 Å². The molecule has 0 saturated heterocycles. The SMILES string of the molecule is CC/C=C(\C)N(C)c1c(/C=C/COC)cc2c(NC)ccnc2c1C.CCCN(C)C. The summed E-state index contributed by atoms with van der Waals surface area (Å²) in [7, 11) is 9.94. The first-order valence-corrected chi connectivity index (χ1v) is 11.1. The predicted molar refractivity (Wildman–Crippen MR) is 138 cm³/mol. The molecule has 0 radical (unpaired) electrons. The van der Waals surface area contributed by atoms with Crippen LogP contribution in [0.5, 0.6) is 0 Å².